The first kappa shape index (κ1) is 39.9. The minimum absolute atomic E-state index is 0.149. The summed E-state index contributed by atoms with van der Waals surface area (Å²) < 4.78 is 0. The number of aliphatic hydroxyl groups is 1. The third-order valence-electron chi connectivity index (χ3n) is 15.3. The maximum absolute atomic E-state index is 12.6. The Morgan fingerprint density at radius 2 is 1.40 bits per heavy atom. The van der Waals surface area contributed by atoms with E-state index in [4.69, 9.17) is 0 Å². The smallest absolute Gasteiger partial charge is 0.335 e. The lowest BCUT2D eigenvalue weighted by atomic mass is 9.46. The van der Waals surface area contributed by atoms with Gasteiger partial charge in [0.15, 0.2) is 5.60 Å². The molecule has 0 aromatic rings. The van der Waals surface area contributed by atoms with E-state index in [1.165, 1.54) is 134 Å². The molecule has 3 heteroatoms. The van der Waals surface area contributed by atoms with E-state index in [2.05, 4.69) is 47.6 Å². The van der Waals surface area contributed by atoms with Gasteiger partial charge >= 0.3 is 5.97 Å². The average molecular weight is 669 g/mol. The first-order valence-corrected chi connectivity index (χ1v) is 21.6. The SMILES string of the molecule is CCCCCCCCCCCCCCCCC(O)(C(=O)O)[C@H]1CC[C@@]2(C)C(=CC[C@H]3[C@@H]4CC[C@H]([C@H](C)CCCC(C)C)[C@@]4(C)CC[C@@H]32)C1. The van der Waals surface area contributed by atoms with Crippen molar-refractivity contribution >= 4 is 5.97 Å². The topological polar surface area (TPSA) is 57.5 Å². The Labute approximate surface area is 298 Å². The molecule has 0 spiro atoms. The van der Waals surface area contributed by atoms with Crippen molar-refractivity contribution < 1.29 is 15.0 Å². The standard InChI is InChI=1S/C45H80O3/c1-7-8-9-10-11-12-13-14-15-16-17-18-19-20-30-45(48,42(46)47)37-28-31-43(5)36(33-37)24-25-38-40-27-26-39(35(4)23-21-22-34(2)3)44(40,6)32-29-41(38)43/h24,34-35,37-41,48H,7-23,25-33H2,1-6H3,(H,46,47)/t35-,37+,38+,39-,40+,41+,43+,44-,45?/m1/s1. The van der Waals surface area contributed by atoms with Crippen LogP contribution in [0.5, 0.6) is 0 Å². The van der Waals surface area contributed by atoms with Gasteiger partial charge in [0.25, 0.3) is 0 Å². The van der Waals surface area contributed by atoms with Gasteiger partial charge in [-0.05, 0) is 111 Å². The van der Waals surface area contributed by atoms with Gasteiger partial charge in [0, 0.05) is 5.92 Å². The van der Waals surface area contributed by atoms with E-state index in [9.17, 15) is 15.0 Å². The molecule has 0 amide bonds. The molecule has 0 aromatic heterocycles. The summed E-state index contributed by atoms with van der Waals surface area (Å²) in [5.41, 5.74) is 0.608. The Hall–Kier alpha value is -0.830. The Kier molecular flexibility index (Phi) is 15.5. The zero-order valence-electron chi connectivity index (χ0n) is 32.8. The van der Waals surface area contributed by atoms with Gasteiger partial charge < -0.3 is 10.2 Å². The largest absolute Gasteiger partial charge is 0.479 e. The first-order valence-electron chi connectivity index (χ1n) is 21.6. The van der Waals surface area contributed by atoms with Crippen LogP contribution in [0.15, 0.2) is 11.6 Å². The average Bonchev–Trinajstić information content (AvgIpc) is 3.41. The van der Waals surface area contributed by atoms with Crippen molar-refractivity contribution in [2.24, 2.45) is 52.3 Å². The van der Waals surface area contributed by atoms with E-state index < -0.39 is 11.6 Å². The van der Waals surface area contributed by atoms with Gasteiger partial charge in [0.05, 0.1) is 0 Å². The van der Waals surface area contributed by atoms with Crippen LogP contribution in [0.3, 0.4) is 0 Å². The van der Waals surface area contributed by atoms with Crippen molar-refractivity contribution in [2.45, 2.75) is 214 Å². The Bertz CT molecular complexity index is 1000. The van der Waals surface area contributed by atoms with Crippen LogP contribution < -0.4 is 0 Å². The van der Waals surface area contributed by atoms with Crippen molar-refractivity contribution in [3.8, 4) is 0 Å². The second-order valence-corrected chi connectivity index (χ2v) is 18.8. The monoisotopic (exact) mass is 669 g/mol. The highest BCUT2D eigenvalue weighted by molar-refractivity contribution is 5.77. The molecule has 278 valence electrons. The fourth-order valence-electron chi connectivity index (χ4n) is 12.2. The molecule has 4 aliphatic rings. The number of unbranched alkanes of at least 4 members (excludes halogenated alkanes) is 13. The van der Waals surface area contributed by atoms with Gasteiger partial charge in [0.1, 0.15) is 0 Å². The molecular formula is C45H80O3. The molecule has 48 heavy (non-hydrogen) atoms. The van der Waals surface area contributed by atoms with E-state index in [0.29, 0.717) is 11.8 Å². The summed E-state index contributed by atoms with van der Waals surface area (Å²) in [7, 11) is 0. The Morgan fingerprint density at radius 1 is 0.792 bits per heavy atom. The summed E-state index contributed by atoms with van der Waals surface area (Å²) >= 11 is 0. The molecule has 0 aromatic carbocycles. The summed E-state index contributed by atoms with van der Waals surface area (Å²) in [6, 6.07) is 0. The maximum Gasteiger partial charge on any atom is 0.335 e. The fourth-order valence-corrected chi connectivity index (χ4v) is 12.2. The van der Waals surface area contributed by atoms with E-state index in [0.717, 1.165) is 67.6 Å². The van der Waals surface area contributed by atoms with E-state index in [1.807, 2.05) is 0 Å². The number of carboxylic acid groups (broad SMARTS) is 1. The molecular weight excluding hydrogens is 588 g/mol. The van der Waals surface area contributed by atoms with Crippen LogP contribution in [0.1, 0.15) is 208 Å². The number of aliphatic carboxylic acids is 1. The molecule has 9 atom stereocenters. The van der Waals surface area contributed by atoms with Gasteiger partial charge in [-0.15, -0.1) is 0 Å². The van der Waals surface area contributed by atoms with E-state index >= 15 is 0 Å². The van der Waals surface area contributed by atoms with Crippen molar-refractivity contribution in [3.63, 3.8) is 0 Å². The molecule has 3 saturated carbocycles. The number of rotatable bonds is 22. The summed E-state index contributed by atoms with van der Waals surface area (Å²) in [5, 5.41) is 22.1. The highest BCUT2D eigenvalue weighted by Gasteiger charge is 2.60. The summed E-state index contributed by atoms with van der Waals surface area (Å²) in [6.07, 6.45) is 34.6. The Balaban J connectivity index is 1.23. The van der Waals surface area contributed by atoms with Crippen LogP contribution in [0, 0.1) is 52.3 Å². The van der Waals surface area contributed by atoms with Crippen molar-refractivity contribution in [1.29, 1.82) is 0 Å². The molecule has 4 rings (SSSR count). The molecule has 0 radical (unpaired) electrons. The Morgan fingerprint density at radius 3 is 1.98 bits per heavy atom. The first-order chi connectivity index (χ1) is 23.0. The molecule has 0 saturated heterocycles. The molecule has 3 fully saturated rings. The highest BCUT2D eigenvalue weighted by atomic mass is 16.4. The fraction of sp³-hybridized carbons (Fsp3) is 0.933. The molecule has 0 aliphatic heterocycles. The predicted molar refractivity (Wildman–Crippen MR) is 204 cm³/mol. The number of hydrogen-bond acceptors (Lipinski definition) is 2. The predicted octanol–water partition coefficient (Wildman–Crippen LogP) is 13.3. The zero-order valence-corrected chi connectivity index (χ0v) is 32.8. The minimum Gasteiger partial charge on any atom is -0.479 e. The molecule has 0 heterocycles. The number of carbonyl (C=O) groups is 1. The van der Waals surface area contributed by atoms with Crippen molar-refractivity contribution in [3.05, 3.63) is 11.6 Å². The van der Waals surface area contributed by atoms with Crippen LogP contribution in [-0.2, 0) is 4.79 Å². The third kappa shape index (κ3) is 9.53. The van der Waals surface area contributed by atoms with Crippen LogP contribution in [0.25, 0.3) is 0 Å². The van der Waals surface area contributed by atoms with Crippen LogP contribution in [-0.4, -0.2) is 21.8 Å². The lowest BCUT2D eigenvalue weighted by Crippen LogP contribution is -2.53. The third-order valence-corrected chi connectivity index (χ3v) is 15.3. The van der Waals surface area contributed by atoms with Gasteiger partial charge in [-0.2, -0.15) is 0 Å². The van der Waals surface area contributed by atoms with Gasteiger partial charge in [0.2, 0.25) is 0 Å². The van der Waals surface area contributed by atoms with Gasteiger partial charge in [-0.25, -0.2) is 4.79 Å². The number of carboxylic acids is 1. The number of hydrogen-bond donors (Lipinski definition) is 2. The van der Waals surface area contributed by atoms with Crippen LogP contribution >= 0.6 is 0 Å². The number of allylic oxidation sites excluding steroid dienone is 2. The molecule has 3 nitrogen and oxygen atoms in total. The quantitative estimate of drug-likeness (QED) is 0.0891. The van der Waals surface area contributed by atoms with Crippen molar-refractivity contribution in [1.82, 2.24) is 0 Å². The second-order valence-electron chi connectivity index (χ2n) is 18.8. The maximum atomic E-state index is 12.6. The van der Waals surface area contributed by atoms with Crippen LogP contribution in [0.4, 0.5) is 0 Å². The van der Waals surface area contributed by atoms with Crippen molar-refractivity contribution in [2.75, 3.05) is 0 Å². The highest BCUT2D eigenvalue weighted by Crippen LogP contribution is 2.68. The zero-order chi connectivity index (χ0) is 34.8. The lowest BCUT2D eigenvalue weighted by molar-refractivity contribution is -0.168. The summed E-state index contributed by atoms with van der Waals surface area (Å²) in [5.74, 6) is 3.77. The minimum atomic E-state index is -1.58. The number of fused-ring (bicyclic) bond motifs is 5. The van der Waals surface area contributed by atoms with E-state index in [1.54, 1.807) is 0 Å². The molecule has 2 N–H and O–H groups in total. The summed E-state index contributed by atoms with van der Waals surface area (Å²) in [4.78, 5) is 12.6. The normalized spacial score (nSPS) is 33.4. The summed E-state index contributed by atoms with van der Waals surface area (Å²) in [6.45, 7) is 14.8. The molecule has 4 aliphatic carbocycles. The van der Waals surface area contributed by atoms with Crippen LogP contribution in [0.2, 0.25) is 0 Å². The lowest BCUT2D eigenvalue weighted by Gasteiger charge is -2.59. The molecule has 1 unspecified atom stereocenters. The van der Waals surface area contributed by atoms with E-state index in [-0.39, 0.29) is 11.3 Å². The van der Waals surface area contributed by atoms with Gasteiger partial charge in [-0.1, -0.05) is 156 Å². The second kappa shape index (κ2) is 18.6. The molecule has 0 bridgehead atoms. The van der Waals surface area contributed by atoms with Gasteiger partial charge in [-0.3, -0.25) is 0 Å².